The first-order valence-electron chi connectivity index (χ1n) is 6.04. The molecule has 0 unspecified atom stereocenters. The summed E-state index contributed by atoms with van der Waals surface area (Å²) < 4.78 is 5.74. The Morgan fingerprint density at radius 2 is 1.89 bits per heavy atom. The number of benzene rings is 1. The molecule has 0 radical (unpaired) electrons. The van der Waals surface area contributed by atoms with E-state index in [9.17, 15) is 0 Å². The van der Waals surface area contributed by atoms with Crippen molar-refractivity contribution < 1.29 is 4.74 Å². The molecular weight excluding hydrogens is 226 g/mol. The van der Waals surface area contributed by atoms with Crippen LogP contribution < -0.4 is 10.5 Å². The number of nitrogens with two attached hydrogens (primary N) is 1. The van der Waals surface area contributed by atoms with Crippen molar-refractivity contribution in [3.8, 4) is 5.75 Å². The first-order chi connectivity index (χ1) is 8.81. The molecule has 1 aromatic heterocycles. The van der Waals surface area contributed by atoms with E-state index in [4.69, 9.17) is 10.5 Å². The molecule has 0 fully saturated rings. The van der Waals surface area contributed by atoms with Crippen LogP contribution in [-0.2, 0) is 6.61 Å². The quantitative estimate of drug-likeness (QED) is 0.876. The van der Waals surface area contributed by atoms with Gasteiger partial charge in [-0.05, 0) is 18.6 Å². The predicted octanol–water partition coefficient (Wildman–Crippen LogP) is 2.47. The Morgan fingerprint density at radius 1 is 1.17 bits per heavy atom. The van der Waals surface area contributed by atoms with Gasteiger partial charge in [-0.3, -0.25) is 0 Å². The summed E-state index contributed by atoms with van der Waals surface area (Å²) in [7, 11) is 0. The average Bonchev–Trinajstić information content (AvgIpc) is 2.45. The van der Waals surface area contributed by atoms with E-state index in [1.807, 2.05) is 24.3 Å². The molecule has 0 aliphatic heterocycles. The lowest BCUT2D eigenvalue weighted by Gasteiger charge is -2.15. The molecule has 94 valence electrons. The zero-order valence-electron chi connectivity index (χ0n) is 10.4. The third-order valence-electron chi connectivity index (χ3n) is 2.73. The van der Waals surface area contributed by atoms with Crippen molar-refractivity contribution in [2.45, 2.75) is 26.0 Å². The molecule has 1 atom stereocenters. The summed E-state index contributed by atoms with van der Waals surface area (Å²) in [5.74, 6) is 1.47. The summed E-state index contributed by atoms with van der Waals surface area (Å²) in [5.41, 5.74) is 7.08. The second kappa shape index (κ2) is 6.12. The van der Waals surface area contributed by atoms with Gasteiger partial charge in [0, 0.05) is 24.0 Å². The minimum absolute atomic E-state index is 0.00195. The van der Waals surface area contributed by atoms with E-state index in [-0.39, 0.29) is 6.04 Å². The van der Waals surface area contributed by atoms with Gasteiger partial charge in [-0.2, -0.15) is 0 Å². The largest absolute Gasteiger partial charge is 0.485 e. The SMILES string of the molecule is CC[C@H](N)c1ccccc1OCc1ncccn1. The summed E-state index contributed by atoms with van der Waals surface area (Å²) in [6.07, 6.45) is 4.28. The topological polar surface area (TPSA) is 61.0 Å². The lowest BCUT2D eigenvalue weighted by molar-refractivity contribution is 0.290. The number of para-hydroxylation sites is 1. The van der Waals surface area contributed by atoms with Gasteiger partial charge in [-0.1, -0.05) is 25.1 Å². The lowest BCUT2D eigenvalue weighted by atomic mass is 10.0. The number of ether oxygens (including phenoxy) is 1. The van der Waals surface area contributed by atoms with Gasteiger partial charge in [0.25, 0.3) is 0 Å². The molecule has 2 N–H and O–H groups in total. The number of hydrogen-bond donors (Lipinski definition) is 1. The van der Waals surface area contributed by atoms with Crippen molar-refractivity contribution in [3.63, 3.8) is 0 Å². The summed E-state index contributed by atoms with van der Waals surface area (Å²) >= 11 is 0. The van der Waals surface area contributed by atoms with Crippen molar-refractivity contribution in [2.24, 2.45) is 5.73 Å². The third kappa shape index (κ3) is 3.05. The number of hydrogen-bond acceptors (Lipinski definition) is 4. The Morgan fingerprint density at radius 3 is 2.61 bits per heavy atom. The fraction of sp³-hybridized carbons (Fsp3) is 0.286. The normalized spacial score (nSPS) is 12.1. The van der Waals surface area contributed by atoms with Crippen LogP contribution in [0.3, 0.4) is 0 Å². The van der Waals surface area contributed by atoms with Gasteiger partial charge in [0.2, 0.25) is 0 Å². The van der Waals surface area contributed by atoms with Crippen molar-refractivity contribution in [2.75, 3.05) is 0 Å². The predicted molar refractivity (Wildman–Crippen MR) is 70.0 cm³/mol. The Hall–Kier alpha value is -1.94. The van der Waals surface area contributed by atoms with E-state index in [1.165, 1.54) is 0 Å². The molecular formula is C14H17N3O. The Labute approximate surface area is 107 Å². The standard InChI is InChI=1S/C14H17N3O/c1-2-12(15)11-6-3-4-7-13(11)18-10-14-16-8-5-9-17-14/h3-9,12H,2,10,15H2,1H3/t12-/m0/s1. The first-order valence-corrected chi connectivity index (χ1v) is 6.04. The summed E-state index contributed by atoms with van der Waals surface area (Å²) in [5, 5.41) is 0. The molecule has 0 aliphatic rings. The molecule has 18 heavy (non-hydrogen) atoms. The van der Waals surface area contributed by atoms with Gasteiger partial charge in [0.15, 0.2) is 5.82 Å². The van der Waals surface area contributed by atoms with Gasteiger partial charge < -0.3 is 10.5 Å². The fourth-order valence-electron chi connectivity index (χ4n) is 1.69. The van der Waals surface area contributed by atoms with E-state index in [2.05, 4.69) is 16.9 Å². The third-order valence-corrected chi connectivity index (χ3v) is 2.73. The average molecular weight is 243 g/mol. The molecule has 0 aliphatic carbocycles. The molecule has 4 heteroatoms. The molecule has 0 spiro atoms. The minimum Gasteiger partial charge on any atom is -0.485 e. The Bertz CT molecular complexity index is 487. The maximum atomic E-state index is 6.05. The van der Waals surface area contributed by atoms with Crippen LogP contribution >= 0.6 is 0 Å². The van der Waals surface area contributed by atoms with E-state index in [0.29, 0.717) is 12.4 Å². The highest BCUT2D eigenvalue weighted by molar-refractivity contribution is 5.35. The van der Waals surface area contributed by atoms with Crippen LogP contribution in [0.4, 0.5) is 0 Å². The zero-order valence-corrected chi connectivity index (χ0v) is 10.4. The molecule has 2 rings (SSSR count). The van der Waals surface area contributed by atoms with Crippen LogP contribution in [0.5, 0.6) is 5.75 Å². The maximum absolute atomic E-state index is 6.05. The summed E-state index contributed by atoms with van der Waals surface area (Å²) in [6.45, 7) is 2.41. The second-order valence-corrected chi connectivity index (χ2v) is 4.01. The second-order valence-electron chi connectivity index (χ2n) is 4.01. The van der Waals surface area contributed by atoms with Gasteiger partial charge in [-0.25, -0.2) is 9.97 Å². The highest BCUT2D eigenvalue weighted by Gasteiger charge is 2.10. The molecule has 4 nitrogen and oxygen atoms in total. The van der Waals surface area contributed by atoms with Crippen LogP contribution in [0.2, 0.25) is 0 Å². The Kier molecular flexibility index (Phi) is 4.25. The number of rotatable bonds is 5. The molecule has 0 saturated carbocycles. The zero-order chi connectivity index (χ0) is 12.8. The monoisotopic (exact) mass is 243 g/mol. The van der Waals surface area contributed by atoms with E-state index >= 15 is 0 Å². The van der Waals surface area contributed by atoms with Gasteiger partial charge >= 0.3 is 0 Å². The van der Waals surface area contributed by atoms with Gasteiger partial charge in [-0.15, -0.1) is 0 Å². The van der Waals surface area contributed by atoms with Crippen molar-refractivity contribution in [1.29, 1.82) is 0 Å². The Balaban J connectivity index is 2.10. The fourth-order valence-corrected chi connectivity index (χ4v) is 1.69. The number of nitrogens with zero attached hydrogens (tertiary/aromatic N) is 2. The van der Waals surface area contributed by atoms with Crippen LogP contribution in [0.1, 0.15) is 30.8 Å². The highest BCUT2D eigenvalue weighted by atomic mass is 16.5. The van der Waals surface area contributed by atoms with E-state index in [1.54, 1.807) is 18.5 Å². The van der Waals surface area contributed by atoms with Crippen LogP contribution in [0.25, 0.3) is 0 Å². The lowest BCUT2D eigenvalue weighted by Crippen LogP contribution is -2.11. The van der Waals surface area contributed by atoms with Crippen LogP contribution in [-0.4, -0.2) is 9.97 Å². The summed E-state index contributed by atoms with van der Waals surface area (Å²) in [6, 6.07) is 9.61. The smallest absolute Gasteiger partial charge is 0.166 e. The van der Waals surface area contributed by atoms with Crippen molar-refractivity contribution in [1.82, 2.24) is 9.97 Å². The molecule has 0 saturated heterocycles. The molecule has 0 amide bonds. The molecule has 0 bridgehead atoms. The van der Waals surface area contributed by atoms with Gasteiger partial charge in [0.1, 0.15) is 12.4 Å². The molecule has 1 heterocycles. The first kappa shape index (κ1) is 12.5. The van der Waals surface area contributed by atoms with Crippen LogP contribution in [0, 0.1) is 0 Å². The van der Waals surface area contributed by atoms with E-state index < -0.39 is 0 Å². The van der Waals surface area contributed by atoms with Gasteiger partial charge in [0.05, 0.1) is 0 Å². The van der Waals surface area contributed by atoms with Crippen molar-refractivity contribution >= 4 is 0 Å². The highest BCUT2D eigenvalue weighted by Crippen LogP contribution is 2.25. The van der Waals surface area contributed by atoms with E-state index in [0.717, 1.165) is 17.7 Å². The summed E-state index contributed by atoms with van der Waals surface area (Å²) in [4.78, 5) is 8.24. The minimum atomic E-state index is -0.00195. The maximum Gasteiger partial charge on any atom is 0.166 e. The molecule has 2 aromatic rings. The number of aromatic nitrogens is 2. The van der Waals surface area contributed by atoms with Crippen molar-refractivity contribution in [3.05, 3.63) is 54.1 Å². The molecule has 1 aromatic carbocycles. The van der Waals surface area contributed by atoms with Crippen LogP contribution in [0.15, 0.2) is 42.7 Å².